The summed E-state index contributed by atoms with van der Waals surface area (Å²) in [5.41, 5.74) is 4.01. The Labute approximate surface area is 123 Å². The van der Waals surface area contributed by atoms with Crippen LogP contribution in [0.4, 0.5) is 0 Å². The number of benzene rings is 2. The van der Waals surface area contributed by atoms with E-state index < -0.39 is 5.16 Å². The molecule has 20 heavy (non-hydrogen) atoms. The van der Waals surface area contributed by atoms with Gasteiger partial charge >= 0.3 is 0 Å². The van der Waals surface area contributed by atoms with Crippen molar-refractivity contribution in [1.82, 2.24) is 0 Å². The first kappa shape index (κ1) is 14.9. The molecule has 2 atom stereocenters. The molecule has 0 spiro atoms. The van der Waals surface area contributed by atoms with Crippen molar-refractivity contribution in [3.63, 3.8) is 0 Å². The number of carbonyl (C=O) groups is 1. The van der Waals surface area contributed by atoms with Crippen molar-refractivity contribution in [1.29, 1.82) is 0 Å². The Hall–Kier alpha value is -1.46. The van der Waals surface area contributed by atoms with E-state index in [9.17, 15) is 4.79 Å². The lowest BCUT2D eigenvalue weighted by Gasteiger charge is -2.23. The molecule has 1 nitrogen and oxygen atoms in total. The topological polar surface area (TPSA) is 17.1 Å². The fourth-order valence-corrected chi connectivity index (χ4v) is 2.42. The van der Waals surface area contributed by atoms with Crippen LogP contribution in [0.2, 0.25) is 0 Å². The van der Waals surface area contributed by atoms with Crippen molar-refractivity contribution >= 4 is 15.0 Å². The molecular formula is C18H21OP. The molecule has 2 aromatic carbocycles. The summed E-state index contributed by atoms with van der Waals surface area (Å²) in [6.45, 7) is 6.04. The van der Waals surface area contributed by atoms with E-state index in [0.717, 1.165) is 28.7 Å². The number of hydrogen-bond donors (Lipinski definition) is 0. The number of rotatable bonds is 4. The van der Waals surface area contributed by atoms with Gasteiger partial charge in [-0.2, -0.15) is 0 Å². The van der Waals surface area contributed by atoms with E-state index in [0.29, 0.717) is 0 Å². The van der Waals surface area contributed by atoms with Gasteiger partial charge in [0.2, 0.25) is 0 Å². The highest BCUT2D eigenvalue weighted by molar-refractivity contribution is 7.21. The second kappa shape index (κ2) is 5.89. The highest BCUT2D eigenvalue weighted by atomic mass is 31.0. The Kier molecular flexibility index (Phi) is 4.40. The smallest absolute Gasteiger partial charge is 0.173 e. The van der Waals surface area contributed by atoms with Gasteiger partial charge in [-0.3, -0.25) is 4.79 Å². The van der Waals surface area contributed by atoms with Crippen LogP contribution in [0.5, 0.6) is 0 Å². The monoisotopic (exact) mass is 284 g/mol. The zero-order valence-electron chi connectivity index (χ0n) is 12.3. The van der Waals surface area contributed by atoms with E-state index in [1.165, 1.54) is 0 Å². The number of carbonyl (C=O) groups excluding carboxylic acids is 1. The Morgan fingerprint density at radius 2 is 1.75 bits per heavy atom. The van der Waals surface area contributed by atoms with Crippen LogP contribution in [0, 0.1) is 6.92 Å². The van der Waals surface area contributed by atoms with Gasteiger partial charge in [0.25, 0.3) is 0 Å². The maximum atomic E-state index is 12.9. The molecule has 0 saturated carbocycles. The molecule has 0 amide bonds. The summed E-state index contributed by atoms with van der Waals surface area (Å²) in [6, 6.07) is 16.2. The summed E-state index contributed by atoms with van der Waals surface area (Å²) in [4.78, 5) is 12.9. The minimum atomic E-state index is -0.407. The van der Waals surface area contributed by atoms with E-state index in [4.69, 9.17) is 0 Å². The van der Waals surface area contributed by atoms with E-state index >= 15 is 0 Å². The first-order chi connectivity index (χ1) is 9.47. The fourth-order valence-electron chi connectivity index (χ4n) is 2.27. The summed E-state index contributed by atoms with van der Waals surface area (Å²) in [6.07, 6.45) is 0.805. The van der Waals surface area contributed by atoms with Crippen molar-refractivity contribution in [3.8, 4) is 11.1 Å². The second-order valence-corrected chi connectivity index (χ2v) is 6.74. The van der Waals surface area contributed by atoms with Crippen LogP contribution in [-0.4, -0.2) is 10.9 Å². The third-order valence-electron chi connectivity index (χ3n) is 3.84. The van der Waals surface area contributed by atoms with Gasteiger partial charge in [0.05, 0.1) is 0 Å². The van der Waals surface area contributed by atoms with E-state index in [1.54, 1.807) is 0 Å². The predicted molar refractivity (Wildman–Crippen MR) is 89.4 cm³/mol. The second-order valence-electron chi connectivity index (χ2n) is 5.46. The standard InChI is InChI=1S/C18H21OP/c1-4-18(3,20)17(19)16-13(2)9-8-12-15(16)14-10-6-5-7-11-14/h5-12H,4,20H2,1-3H3. The maximum Gasteiger partial charge on any atom is 0.173 e. The third kappa shape index (κ3) is 2.83. The average molecular weight is 284 g/mol. The predicted octanol–water partition coefficient (Wildman–Crippen LogP) is 4.89. The number of hydrogen-bond acceptors (Lipinski definition) is 1. The Bertz CT molecular complexity index is 615. The average Bonchev–Trinajstić information content (AvgIpc) is 2.47. The quantitative estimate of drug-likeness (QED) is 0.577. The van der Waals surface area contributed by atoms with Crippen molar-refractivity contribution < 1.29 is 4.79 Å². The first-order valence-corrected chi connectivity index (χ1v) is 7.54. The largest absolute Gasteiger partial charge is 0.293 e. The molecule has 104 valence electrons. The van der Waals surface area contributed by atoms with E-state index in [1.807, 2.05) is 57.2 Å². The molecule has 0 aliphatic heterocycles. The van der Waals surface area contributed by atoms with Crippen LogP contribution in [0.25, 0.3) is 11.1 Å². The zero-order chi connectivity index (χ0) is 14.8. The molecule has 2 aromatic rings. The van der Waals surface area contributed by atoms with Crippen LogP contribution >= 0.6 is 9.24 Å². The van der Waals surface area contributed by atoms with Gasteiger partial charge in [0.1, 0.15) is 0 Å². The molecular weight excluding hydrogens is 263 g/mol. The van der Waals surface area contributed by atoms with Gasteiger partial charge in [0, 0.05) is 10.7 Å². The normalized spacial score (nSPS) is 13.8. The van der Waals surface area contributed by atoms with E-state index in [2.05, 4.69) is 21.4 Å². The molecule has 0 bridgehead atoms. The molecule has 0 N–H and O–H groups in total. The van der Waals surface area contributed by atoms with Crippen molar-refractivity contribution in [2.45, 2.75) is 32.3 Å². The molecule has 0 aromatic heterocycles. The lowest BCUT2D eigenvalue weighted by molar-refractivity contribution is 0.0948. The molecule has 2 heteroatoms. The van der Waals surface area contributed by atoms with Crippen LogP contribution in [0.3, 0.4) is 0 Å². The van der Waals surface area contributed by atoms with Gasteiger partial charge in [-0.05, 0) is 37.0 Å². The van der Waals surface area contributed by atoms with Crippen LogP contribution in [0.1, 0.15) is 36.2 Å². The first-order valence-electron chi connectivity index (χ1n) is 6.96. The lowest BCUT2D eigenvalue weighted by Crippen LogP contribution is -2.28. The molecule has 0 fully saturated rings. The number of aryl methyl sites for hydroxylation is 1. The molecule has 2 unspecified atom stereocenters. The van der Waals surface area contributed by atoms with Crippen LogP contribution in [-0.2, 0) is 0 Å². The van der Waals surface area contributed by atoms with Crippen LogP contribution in [0.15, 0.2) is 48.5 Å². The van der Waals surface area contributed by atoms with Gasteiger partial charge in [-0.15, -0.1) is 9.24 Å². The maximum absolute atomic E-state index is 12.9. The molecule has 0 radical (unpaired) electrons. The number of Topliss-reactive ketones (excluding diaryl/α,β-unsaturated/α-hetero) is 1. The molecule has 0 heterocycles. The van der Waals surface area contributed by atoms with Gasteiger partial charge in [-0.1, -0.05) is 55.5 Å². The SMILES string of the molecule is CCC(C)(P)C(=O)c1c(C)cccc1-c1ccccc1. The van der Waals surface area contributed by atoms with Crippen LogP contribution < -0.4 is 0 Å². The van der Waals surface area contributed by atoms with Crippen molar-refractivity contribution in [2.24, 2.45) is 0 Å². The molecule has 0 aliphatic rings. The van der Waals surface area contributed by atoms with Gasteiger partial charge in [0.15, 0.2) is 5.78 Å². The summed E-state index contributed by atoms with van der Waals surface area (Å²) in [5, 5.41) is -0.407. The zero-order valence-corrected chi connectivity index (χ0v) is 13.5. The summed E-state index contributed by atoms with van der Waals surface area (Å²) in [7, 11) is 2.71. The summed E-state index contributed by atoms with van der Waals surface area (Å²) < 4.78 is 0. The molecule has 0 aliphatic carbocycles. The van der Waals surface area contributed by atoms with Crippen molar-refractivity contribution in [3.05, 3.63) is 59.7 Å². The molecule has 0 saturated heterocycles. The van der Waals surface area contributed by atoms with Gasteiger partial charge in [-0.25, -0.2) is 0 Å². The highest BCUT2D eigenvalue weighted by Gasteiger charge is 2.29. The Morgan fingerprint density at radius 3 is 2.35 bits per heavy atom. The number of ketones is 1. The fraction of sp³-hybridized carbons (Fsp3) is 0.278. The minimum absolute atomic E-state index is 0.196. The Balaban J connectivity index is 2.62. The highest BCUT2D eigenvalue weighted by Crippen LogP contribution is 2.33. The van der Waals surface area contributed by atoms with Crippen molar-refractivity contribution in [2.75, 3.05) is 0 Å². The lowest BCUT2D eigenvalue weighted by atomic mass is 9.87. The van der Waals surface area contributed by atoms with E-state index in [-0.39, 0.29) is 5.78 Å². The Morgan fingerprint density at radius 1 is 1.10 bits per heavy atom. The summed E-state index contributed by atoms with van der Waals surface area (Å²) in [5.74, 6) is 0.196. The third-order valence-corrected chi connectivity index (χ3v) is 4.51. The van der Waals surface area contributed by atoms with Gasteiger partial charge < -0.3 is 0 Å². The minimum Gasteiger partial charge on any atom is -0.293 e. The molecule has 2 rings (SSSR count). The summed E-state index contributed by atoms with van der Waals surface area (Å²) >= 11 is 0.